The van der Waals surface area contributed by atoms with Crippen molar-refractivity contribution in [3.63, 3.8) is 0 Å². The molecule has 4 N–H and O–H groups in total. The number of aromatic nitrogens is 1. The highest BCUT2D eigenvalue weighted by atomic mass is 19.1. The van der Waals surface area contributed by atoms with Crippen molar-refractivity contribution in [2.45, 2.75) is 25.5 Å². The molecule has 1 saturated heterocycles. The summed E-state index contributed by atoms with van der Waals surface area (Å²) in [7, 11) is 0. The van der Waals surface area contributed by atoms with Gasteiger partial charge in [0.25, 0.3) is 5.91 Å². The average Bonchev–Trinajstić information content (AvgIpc) is 2.91. The van der Waals surface area contributed by atoms with Gasteiger partial charge in [0.15, 0.2) is 0 Å². The average molecular weight is 488 g/mol. The minimum absolute atomic E-state index is 0.0216. The second kappa shape index (κ2) is 11.4. The van der Waals surface area contributed by atoms with Gasteiger partial charge in [0, 0.05) is 42.9 Å². The van der Waals surface area contributed by atoms with E-state index < -0.39 is 11.7 Å². The maximum Gasteiger partial charge on any atom is 0.267 e. The molecule has 2 heterocycles. The largest absolute Gasteiger partial charge is 0.489 e. The number of halogens is 1. The molecule has 0 spiro atoms. The number of nitrogens with zero attached hydrogens (tertiary/aromatic N) is 3. The van der Waals surface area contributed by atoms with Crippen LogP contribution in [0, 0.1) is 17.1 Å². The Bertz CT molecular complexity index is 1300. The van der Waals surface area contributed by atoms with Crippen LogP contribution in [0.5, 0.6) is 5.75 Å². The quantitative estimate of drug-likeness (QED) is 0.263. The molecule has 0 radical (unpaired) electrons. The van der Waals surface area contributed by atoms with E-state index in [0.29, 0.717) is 17.0 Å². The van der Waals surface area contributed by atoms with Gasteiger partial charge >= 0.3 is 0 Å². The van der Waals surface area contributed by atoms with E-state index in [9.17, 15) is 9.18 Å². The predicted molar refractivity (Wildman–Crippen MR) is 134 cm³/mol. The van der Waals surface area contributed by atoms with Crippen LogP contribution >= 0.6 is 0 Å². The van der Waals surface area contributed by atoms with E-state index in [-0.39, 0.29) is 18.2 Å². The van der Waals surface area contributed by atoms with Gasteiger partial charge in [-0.25, -0.2) is 14.9 Å². The van der Waals surface area contributed by atoms with Crippen molar-refractivity contribution in [1.82, 2.24) is 10.5 Å². The Balaban J connectivity index is 1.56. The van der Waals surface area contributed by atoms with E-state index in [4.69, 9.17) is 25.9 Å². The van der Waals surface area contributed by atoms with Gasteiger partial charge < -0.3 is 15.4 Å². The van der Waals surface area contributed by atoms with Crippen molar-refractivity contribution in [3.8, 4) is 23.1 Å². The molecular weight excluding hydrogens is 461 g/mol. The molecule has 4 rings (SSSR count). The van der Waals surface area contributed by atoms with E-state index in [1.807, 2.05) is 36.4 Å². The number of nitrogens with one attached hydrogen (secondary N) is 1. The summed E-state index contributed by atoms with van der Waals surface area (Å²) in [5, 5.41) is 17.6. The number of nitrogens with two attached hydrogens (primary N) is 1. The Labute approximate surface area is 208 Å². The predicted octanol–water partition coefficient (Wildman–Crippen LogP) is 3.78. The van der Waals surface area contributed by atoms with Gasteiger partial charge in [-0.2, -0.15) is 5.26 Å². The lowest BCUT2D eigenvalue weighted by Crippen LogP contribution is -2.40. The lowest BCUT2D eigenvalue weighted by molar-refractivity contribution is -0.124. The molecule has 1 aliphatic rings. The second-order valence-electron chi connectivity index (χ2n) is 8.52. The number of hydrogen-bond donors (Lipinski definition) is 3. The number of rotatable bonds is 7. The summed E-state index contributed by atoms with van der Waals surface area (Å²) in [6.07, 6.45) is 4.52. The molecule has 0 atom stereocenters. The lowest BCUT2D eigenvalue weighted by Gasteiger charge is -2.31. The van der Waals surface area contributed by atoms with E-state index in [0.717, 1.165) is 42.9 Å². The number of hydroxylamine groups is 1. The highest BCUT2D eigenvalue weighted by Gasteiger charge is 2.19. The third-order valence-corrected chi connectivity index (χ3v) is 5.96. The number of pyridine rings is 1. The summed E-state index contributed by atoms with van der Waals surface area (Å²) in [5.41, 5.74) is 10.4. The number of carbonyl (C=O) groups is 1. The summed E-state index contributed by atoms with van der Waals surface area (Å²) < 4.78 is 20.4. The number of amides is 1. The van der Waals surface area contributed by atoms with Crippen molar-refractivity contribution in [2.75, 3.05) is 18.0 Å². The van der Waals surface area contributed by atoms with Crippen LogP contribution in [0.2, 0.25) is 0 Å². The molecule has 0 aliphatic carbocycles. The molecule has 0 saturated carbocycles. The molecular formula is C27H26FN5O3. The van der Waals surface area contributed by atoms with Crippen LogP contribution in [0.25, 0.3) is 17.3 Å². The van der Waals surface area contributed by atoms with Gasteiger partial charge in [-0.1, -0.05) is 30.3 Å². The maximum atomic E-state index is 14.3. The fourth-order valence-corrected chi connectivity index (χ4v) is 3.88. The van der Waals surface area contributed by atoms with Crippen molar-refractivity contribution in [1.29, 1.82) is 5.26 Å². The molecule has 0 bridgehead atoms. The highest BCUT2D eigenvalue weighted by molar-refractivity contribution is 5.90. The van der Waals surface area contributed by atoms with Gasteiger partial charge in [0.05, 0.1) is 11.3 Å². The van der Waals surface area contributed by atoms with Crippen LogP contribution < -0.4 is 20.9 Å². The maximum absolute atomic E-state index is 14.3. The van der Waals surface area contributed by atoms with Crippen molar-refractivity contribution in [2.24, 2.45) is 5.73 Å². The van der Waals surface area contributed by atoms with Crippen LogP contribution in [-0.2, 0) is 11.4 Å². The van der Waals surface area contributed by atoms with Crippen LogP contribution in [0.4, 0.5) is 10.2 Å². The highest BCUT2D eigenvalue weighted by Crippen LogP contribution is 2.30. The van der Waals surface area contributed by atoms with E-state index >= 15 is 0 Å². The van der Waals surface area contributed by atoms with Crippen LogP contribution in [0.3, 0.4) is 0 Å². The fourth-order valence-electron chi connectivity index (χ4n) is 3.88. The van der Waals surface area contributed by atoms with Gasteiger partial charge in [0.2, 0.25) is 0 Å². The van der Waals surface area contributed by atoms with Gasteiger partial charge in [0.1, 0.15) is 30.1 Å². The van der Waals surface area contributed by atoms with Crippen LogP contribution in [-0.4, -0.2) is 35.2 Å². The minimum atomic E-state index is -0.607. The zero-order valence-electron chi connectivity index (χ0n) is 19.5. The second-order valence-corrected chi connectivity index (χ2v) is 8.52. The number of benzene rings is 2. The number of carbonyl (C=O) groups excluding carboxylic acids is 1. The zero-order valence-corrected chi connectivity index (χ0v) is 19.5. The Hall–Kier alpha value is -4.26. The molecule has 184 valence electrons. The van der Waals surface area contributed by atoms with Gasteiger partial charge in [-0.05, 0) is 42.2 Å². The SMILES string of the molecule is N#Cc1ccc(-c2cc(OCc3ccc(/C=C/C(=O)NO)cc3)cc(N3CCC(N)CC3)n2)cc1F. The molecule has 3 aromatic rings. The number of hydrogen-bond acceptors (Lipinski definition) is 7. The number of ether oxygens (including phenoxy) is 1. The van der Waals surface area contributed by atoms with Crippen LogP contribution in [0.1, 0.15) is 29.5 Å². The lowest BCUT2D eigenvalue weighted by atomic mass is 10.1. The smallest absolute Gasteiger partial charge is 0.267 e. The third kappa shape index (κ3) is 6.24. The number of piperidine rings is 1. The summed E-state index contributed by atoms with van der Waals surface area (Å²) in [6, 6.07) is 17.5. The summed E-state index contributed by atoms with van der Waals surface area (Å²) >= 11 is 0. The molecule has 36 heavy (non-hydrogen) atoms. The zero-order chi connectivity index (χ0) is 25.5. The molecule has 1 amide bonds. The Morgan fingerprint density at radius 2 is 1.97 bits per heavy atom. The molecule has 1 fully saturated rings. The minimum Gasteiger partial charge on any atom is -0.489 e. The summed E-state index contributed by atoms with van der Waals surface area (Å²) in [4.78, 5) is 18.0. The standard InChI is InChI=1S/C27H26FN5O3/c28-24-13-20(6-7-21(24)16-29)25-14-23(15-26(31-25)33-11-9-22(30)10-12-33)36-17-19-3-1-18(2-4-19)5-8-27(34)32-35/h1-8,13-15,22,35H,9-12,17,30H2,(H,32,34)/b8-5+. The Morgan fingerprint density at radius 1 is 1.22 bits per heavy atom. The molecule has 9 heteroatoms. The molecule has 8 nitrogen and oxygen atoms in total. The molecule has 0 unspecified atom stereocenters. The molecule has 1 aromatic heterocycles. The van der Waals surface area contributed by atoms with E-state index in [1.54, 1.807) is 23.7 Å². The third-order valence-electron chi connectivity index (χ3n) is 5.96. The Kier molecular flexibility index (Phi) is 7.90. The fraction of sp³-hybridized carbons (Fsp3) is 0.222. The van der Waals surface area contributed by atoms with Crippen LogP contribution in [0.15, 0.2) is 60.7 Å². The summed E-state index contributed by atoms with van der Waals surface area (Å²) in [6.45, 7) is 1.82. The monoisotopic (exact) mass is 487 g/mol. The first-order valence-corrected chi connectivity index (χ1v) is 11.5. The van der Waals surface area contributed by atoms with Crippen molar-refractivity contribution in [3.05, 3.63) is 83.2 Å². The normalized spacial score (nSPS) is 14.0. The first kappa shape index (κ1) is 24.9. The summed E-state index contributed by atoms with van der Waals surface area (Å²) in [5.74, 6) is 0.101. The number of anilines is 1. The number of nitriles is 1. The first-order valence-electron chi connectivity index (χ1n) is 11.5. The molecule has 2 aromatic carbocycles. The topological polar surface area (TPSA) is 124 Å². The Morgan fingerprint density at radius 3 is 2.64 bits per heavy atom. The molecule has 1 aliphatic heterocycles. The first-order chi connectivity index (χ1) is 17.4. The van der Waals surface area contributed by atoms with Crippen molar-refractivity contribution >= 4 is 17.8 Å². The van der Waals surface area contributed by atoms with E-state index in [2.05, 4.69) is 4.90 Å². The van der Waals surface area contributed by atoms with Gasteiger partial charge in [-0.3, -0.25) is 10.0 Å². The van der Waals surface area contributed by atoms with Crippen molar-refractivity contribution < 1.29 is 19.1 Å². The van der Waals surface area contributed by atoms with E-state index in [1.165, 1.54) is 18.2 Å². The van der Waals surface area contributed by atoms with Gasteiger partial charge in [-0.15, -0.1) is 0 Å².